The van der Waals surface area contributed by atoms with Crippen molar-refractivity contribution in [2.24, 2.45) is 5.92 Å². The lowest BCUT2D eigenvalue weighted by molar-refractivity contribution is -0.157. The number of halogens is 2. The zero-order valence-corrected chi connectivity index (χ0v) is 14.6. The van der Waals surface area contributed by atoms with Gasteiger partial charge in [0.05, 0.1) is 5.69 Å². The first kappa shape index (κ1) is 19.9. The molecule has 2 amide bonds. The number of hydrogen-bond acceptors (Lipinski definition) is 3. The number of benzene rings is 1. The van der Waals surface area contributed by atoms with Gasteiger partial charge in [-0.1, -0.05) is 13.8 Å². The van der Waals surface area contributed by atoms with Gasteiger partial charge in [0.25, 0.3) is 0 Å². The molecule has 0 saturated carbocycles. The van der Waals surface area contributed by atoms with E-state index < -0.39 is 35.3 Å². The second-order valence-corrected chi connectivity index (χ2v) is 6.94. The van der Waals surface area contributed by atoms with Gasteiger partial charge >= 0.3 is 12.0 Å². The molecule has 1 aromatic rings. The highest BCUT2D eigenvalue weighted by molar-refractivity contribution is 5.92. The molecule has 0 aliphatic heterocycles. The molecule has 1 aromatic carbocycles. The van der Waals surface area contributed by atoms with E-state index in [1.165, 1.54) is 0 Å². The largest absolute Gasteiger partial charge is 0.458 e. The molecule has 0 saturated heterocycles. The van der Waals surface area contributed by atoms with Crippen LogP contribution in [0.4, 0.5) is 19.3 Å². The van der Waals surface area contributed by atoms with Crippen molar-refractivity contribution in [3.63, 3.8) is 0 Å². The smallest absolute Gasteiger partial charge is 0.329 e. The highest BCUT2D eigenvalue weighted by atomic mass is 19.1. The van der Waals surface area contributed by atoms with Gasteiger partial charge in [0, 0.05) is 6.07 Å². The summed E-state index contributed by atoms with van der Waals surface area (Å²) >= 11 is 0. The van der Waals surface area contributed by atoms with E-state index in [1.807, 2.05) is 13.8 Å². The van der Waals surface area contributed by atoms with E-state index in [0.717, 1.165) is 12.1 Å². The molecule has 7 heteroatoms. The maximum atomic E-state index is 13.6. The minimum Gasteiger partial charge on any atom is -0.458 e. The summed E-state index contributed by atoms with van der Waals surface area (Å²) in [5.41, 5.74) is -0.866. The number of carbonyl (C=O) groups excluding carboxylic acids is 2. The Morgan fingerprint density at radius 2 is 1.83 bits per heavy atom. The second-order valence-electron chi connectivity index (χ2n) is 6.94. The average Bonchev–Trinajstić information content (AvgIpc) is 2.38. The molecule has 24 heavy (non-hydrogen) atoms. The number of nitrogens with one attached hydrogen (secondary N) is 2. The van der Waals surface area contributed by atoms with Gasteiger partial charge in [-0.15, -0.1) is 0 Å². The third-order valence-corrected chi connectivity index (χ3v) is 2.88. The summed E-state index contributed by atoms with van der Waals surface area (Å²) in [5.74, 6) is -2.08. The Kier molecular flexibility index (Phi) is 6.69. The topological polar surface area (TPSA) is 67.4 Å². The molecule has 2 N–H and O–H groups in total. The normalized spacial score (nSPS) is 12.7. The van der Waals surface area contributed by atoms with Crippen LogP contribution in [0.5, 0.6) is 0 Å². The van der Waals surface area contributed by atoms with E-state index in [2.05, 4.69) is 10.6 Å². The van der Waals surface area contributed by atoms with Gasteiger partial charge in [-0.25, -0.2) is 18.4 Å². The van der Waals surface area contributed by atoms with Crippen LogP contribution in [0.1, 0.15) is 41.0 Å². The zero-order valence-electron chi connectivity index (χ0n) is 14.6. The van der Waals surface area contributed by atoms with Crippen molar-refractivity contribution in [1.29, 1.82) is 0 Å². The predicted octanol–water partition coefficient (Wildman–Crippen LogP) is 3.84. The number of carbonyl (C=O) groups is 2. The molecule has 0 spiro atoms. The van der Waals surface area contributed by atoms with Crippen LogP contribution in [0.2, 0.25) is 0 Å². The Morgan fingerprint density at radius 3 is 2.33 bits per heavy atom. The van der Waals surface area contributed by atoms with E-state index in [1.54, 1.807) is 20.8 Å². The van der Waals surface area contributed by atoms with Gasteiger partial charge in [0.1, 0.15) is 23.3 Å². The van der Waals surface area contributed by atoms with E-state index >= 15 is 0 Å². The number of rotatable bonds is 5. The third-order valence-electron chi connectivity index (χ3n) is 2.88. The van der Waals surface area contributed by atoms with Crippen molar-refractivity contribution in [3.05, 3.63) is 29.8 Å². The van der Waals surface area contributed by atoms with Gasteiger partial charge in [0.15, 0.2) is 0 Å². The van der Waals surface area contributed by atoms with Crippen molar-refractivity contribution < 1.29 is 23.1 Å². The van der Waals surface area contributed by atoms with Crippen LogP contribution in [-0.2, 0) is 9.53 Å². The number of esters is 1. The lowest BCUT2D eigenvalue weighted by Gasteiger charge is -2.25. The fourth-order valence-electron chi connectivity index (χ4n) is 1.97. The van der Waals surface area contributed by atoms with Crippen LogP contribution in [0.3, 0.4) is 0 Å². The molecule has 1 atom stereocenters. The van der Waals surface area contributed by atoms with Crippen molar-refractivity contribution in [2.75, 3.05) is 5.32 Å². The number of ether oxygens (including phenoxy) is 1. The highest BCUT2D eigenvalue weighted by Crippen LogP contribution is 2.16. The maximum Gasteiger partial charge on any atom is 0.329 e. The van der Waals surface area contributed by atoms with Gasteiger partial charge < -0.3 is 15.4 Å². The lowest BCUT2D eigenvalue weighted by Crippen LogP contribution is -2.46. The summed E-state index contributed by atoms with van der Waals surface area (Å²) in [5, 5.41) is 4.74. The molecule has 0 aliphatic rings. The Hall–Kier alpha value is -2.18. The Balaban J connectivity index is 2.78. The van der Waals surface area contributed by atoms with E-state index in [4.69, 9.17) is 4.74 Å². The SMILES string of the molecule is CC(C)C[C@H](NC(=O)Nc1ccc(F)cc1F)C(=O)OC(C)(C)C. The summed E-state index contributed by atoms with van der Waals surface area (Å²) in [6.45, 7) is 8.98. The number of anilines is 1. The monoisotopic (exact) mass is 342 g/mol. The summed E-state index contributed by atoms with van der Waals surface area (Å²) < 4.78 is 31.7. The molecule has 1 rings (SSSR count). The summed E-state index contributed by atoms with van der Waals surface area (Å²) in [4.78, 5) is 24.2. The van der Waals surface area contributed by atoms with Crippen molar-refractivity contribution >= 4 is 17.7 Å². The van der Waals surface area contributed by atoms with Crippen LogP contribution in [-0.4, -0.2) is 23.6 Å². The molecule has 0 aliphatic carbocycles. The van der Waals surface area contributed by atoms with Crippen molar-refractivity contribution in [1.82, 2.24) is 5.32 Å². The second kappa shape index (κ2) is 8.08. The van der Waals surface area contributed by atoms with E-state index in [-0.39, 0.29) is 11.6 Å². The first-order valence-corrected chi connectivity index (χ1v) is 7.73. The summed E-state index contributed by atoms with van der Waals surface area (Å²) in [6, 6.07) is 1.16. The molecule has 0 bridgehead atoms. The number of amides is 2. The van der Waals surface area contributed by atoms with Crippen molar-refractivity contribution in [2.45, 2.75) is 52.7 Å². The van der Waals surface area contributed by atoms with Crippen LogP contribution in [0.15, 0.2) is 18.2 Å². The standard InChI is InChI=1S/C17H24F2N2O3/c1-10(2)8-14(15(22)24-17(3,4)5)21-16(23)20-13-7-6-11(18)9-12(13)19/h6-7,9-10,14H,8H2,1-5H3,(H2,20,21,23)/t14-/m0/s1. The molecule has 134 valence electrons. The van der Waals surface area contributed by atoms with Crippen LogP contribution >= 0.6 is 0 Å². The fourth-order valence-corrected chi connectivity index (χ4v) is 1.97. The zero-order chi connectivity index (χ0) is 18.5. The number of urea groups is 1. The van der Waals surface area contributed by atoms with Crippen LogP contribution in [0, 0.1) is 17.6 Å². The van der Waals surface area contributed by atoms with E-state index in [0.29, 0.717) is 12.5 Å². The minimum absolute atomic E-state index is 0.130. The quantitative estimate of drug-likeness (QED) is 0.799. The van der Waals surface area contributed by atoms with Gasteiger partial charge in [0.2, 0.25) is 0 Å². The fraction of sp³-hybridized carbons (Fsp3) is 0.529. The highest BCUT2D eigenvalue weighted by Gasteiger charge is 2.27. The first-order valence-electron chi connectivity index (χ1n) is 7.73. The van der Waals surface area contributed by atoms with Gasteiger partial charge in [-0.2, -0.15) is 0 Å². The van der Waals surface area contributed by atoms with Gasteiger partial charge in [-0.3, -0.25) is 0 Å². The Morgan fingerprint density at radius 1 is 1.21 bits per heavy atom. The Bertz CT molecular complexity index is 598. The number of hydrogen-bond donors (Lipinski definition) is 2. The van der Waals surface area contributed by atoms with Crippen molar-refractivity contribution in [3.8, 4) is 0 Å². The predicted molar refractivity (Wildman–Crippen MR) is 87.6 cm³/mol. The molecule has 0 aromatic heterocycles. The third kappa shape index (κ3) is 6.93. The average molecular weight is 342 g/mol. The van der Waals surface area contributed by atoms with E-state index in [9.17, 15) is 18.4 Å². The van der Waals surface area contributed by atoms with Gasteiger partial charge in [-0.05, 0) is 45.2 Å². The summed E-state index contributed by atoms with van der Waals surface area (Å²) in [6.07, 6.45) is 0.369. The Labute approximate surface area is 140 Å². The molecular weight excluding hydrogens is 318 g/mol. The lowest BCUT2D eigenvalue weighted by atomic mass is 10.0. The molecule has 5 nitrogen and oxygen atoms in total. The molecule has 0 radical (unpaired) electrons. The molecule has 0 unspecified atom stereocenters. The van der Waals surface area contributed by atoms with Crippen LogP contribution < -0.4 is 10.6 Å². The summed E-state index contributed by atoms with van der Waals surface area (Å²) in [7, 11) is 0. The maximum absolute atomic E-state index is 13.6. The minimum atomic E-state index is -0.900. The molecular formula is C17H24F2N2O3. The molecule has 0 fully saturated rings. The van der Waals surface area contributed by atoms with Crippen LogP contribution in [0.25, 0.3) is 0 Å². The molecule has 0 heterocycles. The first-order chi connectivity index (χ1) is 11.0.